The number of ether oxygens (including phenoxy) is 1. The van der Waals surface area contributed by atoms with E-state index < -0.39 is 0 Å². The van der Waals surface area contributed by atoms with Gasteiger partial charge in [-0.05, 0) is 32.6 Å². The number of nitrogens with zero attached hydrogens (tertiary/aromatic N) is 1. The zero-order valence-electron chi connectivity index (χ0n) is 8.96. The molecule has 1 saturated carbocycles. The molecule has 1 aliphatic carbocycles. The van der Waals surface area contributed by atoms with Crippen LogP contribution >= 0.6 is 0 Å². The second kappa shape index (κ2) is 4.78. The summed E-state index contributed by atoms with van der Waals surface area (Å²) < 4.78 is 5.52. The van der Waals surface area contributed by atoms with Crippen LogP contribution in [0.15, 0.2) is 4.99 Å². The average Bonchev–Trinajstić information content (AvgIpc) is 2.16. The fraction of sp³-hybridized carbons (Fsp3) is 0.909. The molecule has 2 rings (SSSR count). The quantitative estimate of drug-likeness (QED) is 0.745. The van der Waals surface area contributed by atoms with Gasteiger partial charge < -0.3 is 10.1 Å². The van der Waals surface area contributed by atoms with E-state index in [1.165, 1.54) is 18.7 Å². The lowest BCUT2D eigenvalue weighted by molar-refractivity contribution is -0.00574. The monoisotopic (exact) mass is 196 g/mol. The van der Waals surface area contributed by atoms with Crippen LogP contribution in [0.2, 0.25) is 0 Å². The summed E-state index contributed by atoms with van der Waals surface area (Å²) in [6, 6.07) is 0.628. The third-order valence-electron chi connectivity index (χ3n) is 2.99. The molecule has 0 aromatic carbocycles. The molecule has 0 spiro atoms. The summed E-state index contributed by atoms with van der Waals surface area (Å²) in [6.45, 7) is 3.92. The highest BCUT2D eigenvalue weighted by molar-refractivity contribution is 5.83. The van der Waals surface area contributed by atoms with Crippen molar-refractivity contribution in [3.63, 3.8) is 0 Å². The van der Waals surface area contributed by atoms with Crippen molar-refractivity contribution in [2.24, 2.45) is 4.99 Å². The van der Waals surface area contributed by atoms with Gasteiger partial charge in [0, 0.05) is 25.6 Å². The maximum absolute atomic E-state index is 5.52. The minimum Gasteiger partial charge on any atom is -0.378 e. The van der Waals surface area contributed by atoms with Gasteiger partial charge in [0.25, 0.3) is 0 Å². The van der Waals surface area contributed by atoms with Crippen molar-refractivity contribution in [3.05, 3.63) is 0 Å². The van der Waals surface area contributed by atoms with E-state index in [9.17, 15) is 0 Å². The average molecular weight is 196 g/mol. The molecule has 1 N–H and O–H groups in total. The Labute approximate surface area is 85.9 Å². The summed E-state index contributed by atoms with van der Waals surface area (Å²) in [7, 11) is 0. The molecule has 0 amide bonds. The van der Waals surface area contributed by atoms with Gasteiger partial charge in [0.15, 0.2) is 0 Å². The molecule has 1 aliphatic heterocycles. The number of nitrogens with one attached hydrogen (secondary N) is 1. The van der Waals surface area contributed by atoms with Crippen molar-refractivity contribution in [2.45, 2.75) is 51.2 Å². The van der Waals surface area contributed by atoms with Crippen molar-refractivity contribution >= 4 is 5.84 Å². The first kappa shape index (κ1) is 9.97. The maximum atomic E-state index is 5.52. The Hall–Kier alpha value is -0.570. The van der Waals surface area contributed by atoms with Gasteiger partial charge in [0.1, 0.15) is 0 Å². The predicted octanol–water partition coefficient (Wildman–Crippen LogP) is 1.73. The number of hydrogen-bond acceptors (Lipinski definition) is 3. The lowest BCUT2D eigenvalue weighted by Gasteiger charge is -2.36. The molecular weight excluding hydrogens is 176 g/mol. The summed E-state index contributed by atoms with van der Waals surface area (Å²) in [4.78, 5) is 4.49. The summed E-state index contributed by atoms with van der Waals surface area (Å²) in [5.41, 5.74) is 0. The van der Waals surface area contributed by atoms with Crippen molar-refractivity contribution in [1.29, 1.82) is 0 Å². The molecule has 2 aliphatic rings. The normalized spacial score (nSPS) is 31.9. The first-order valence-corrected chi connectivity index (χ1v) is 5.80. The standard InChI is InChI=1S/C11H20N2O/c1-2-14-10-7-9(8-10)13-11-5-3-4-6-12-11/h9-10H,2-8H2,1H3,(H,12,13). The van der Waals surface area contributed by atoms with E-state index in [1.54, 1.807) is 0 Å². The summed E-state index contributed by atoms with van der Waals surface area (Å²) in [5.74, 6) is 1.23. The first-order valence-electron chi connectivity index (χ1n) is 5.80. The zero-order chi connectivity index (χ0) is 9.80. The second-order valence-corrected chi connectivity index (χ2v) is 4.18. The highest BCUT2D eigenvalue weighted by atomic mass is 16.5. The Balaban J connectivity index is 1.65. The maximum Gasteiger partial charge on any atom is 0.0965 e. The minimum atomic E-state index is 0.502. The minimum absolute atomic E-state index is 0.502. The molecule has 1 heterocycles. The molecular formula is C11H20N2O. The number of aliphatic imine (C=N–C) groups is 1. The fourth-order valence-electron chi connectivity index (χ4n) is 2.11. The highest BCUT2D eigenvalue weighted by Crippen LogP contribution is 2.23. The van der Waals surface area contributed by atoms with Crippen LogP contribution in [-0.2, 0) is 4.74 Å². The van der Waals surface area contributed by atoms with E-state index in [-0.39, 0.29) is 0 Å². The van der Waals surface area contributed by atoms with E-state index >= 15 is 0 Å². The van der Waals surface area contributed by atoms with E-state index in [4.69, 9.17) is 4.74 Å². The van der Waals surface area contributed by atoms with Gasteiger partial charge >= 0.3 is 0 Å². The fourth-order valence-corrected chi connectivity index (χ4v) is 2.11. The predicted molar refractivity (Wildman–Crippen MR) is 57.7 cm³/mol. The van der Waals surface area contributed by atoms with E-state index in [0.29, 0.717) is 12.1 Å². The molecule has 0 unspecified atom stereocenters. The molecule has 0 radical (unpaired) electrons. The van der Waals surface area contributed by atoms with Crippen LogP contribution in [0, 0.1) is 0 Å². The van der Waals surface area contributed by atoms with Gasteiger partial charge in [-0.1, -0.05) is 0 Å². The molecule has 80 valence electrons. The Kier molecular flexibility index (Phi) is 3.40. The van der Waals surface area contributed by atoms with Gasteiger partial charge in [-0.15, -0.1) is 0 Å². The van der Waals surface area contributed by atoms with Crippen molar-refractivity contribution < 1.29 is 4.74 Å². The van der Waals surface area contributed by atoms with Gasteiger partial charge in [-0.2, -0.15) is 0 Å². The van der Waals surface area contributed by atoms with Crippen molar-refractivity contribution in [3.8, 4) is 0 Å². The Morgan fingerprint density at radius 2 is 2.29 bits per heavy atom. The van der Waals surface area contributed by atoms with Gasteiger partial charge in [-0.3, -0.25) is 4.99 Å². The molecule has 0 saturated heterocycles. The second-order valence-electron chi connectivity index (χ2n) is 4.18. The summed E-state index contributed by atoms with van der Waals surface area (Å²) in [5, 5.41) is 3.51. The van der Waals surface area contributed by atoms with Crippen LogP contribution in [-0.4, -0.2) is 31.1 Å². The molecule has 0 aromatic heterocycles. The van der Waals surface area contributed by atoms with Crippen molar-refractivity contribution in [1.82, 2.24) is 5.32 Å². The third-order valence-corrected chi connectivity index (χ3v) is 2.99. The smallest absolute Gasteiger partial charge is 0.0965 e. The summed E-state index contributed by atoms with van der Waals surface area (Å²) in [6.07, 6.45) is 6.53. The molecule has 3 nitrogen and oxygen atoms in total. The van der Waals surface area contributed by atoms with E-state index in [0.717, 1.165) is 32.4 Å². The molecule has 0 atom stereocenters. The number of amidine groups is 1. The van der Waals surface area contributed by atoms with Gasteiger partial charge in [0.2, 0.25) is 0 Å². The van der Waals surface area contributed by atoms with Crippen molar-refractivity contribution in [2.75, 3.05) is 13.2 Å². The molecule has 1 fully saturated rings. The highest BCUT2D eigenvalue weighted by Gasteiger charge is 2.30. The molecule has 0 bridgehead atoms. The lowest BCUT2D eigenvalue weighted by Crippen LogP contribution is -2.48. The van der Waals surface area contributed by atoms with Crippen LogP contribution in [0.4, 0.5) is 0 Å². The summed E-state index contributed by atoms with van der Waals surface area (Å²) >= 11 is 0. The Bertz CT molecular complexity index is 209. The van der Waals surface area contributed by atoms with E-state index in [2.05, 4.69) is 17.2 Å². The molecule has 0 aromatic rings. The Morgan fingerprint density at radius 1 is 1.43 bits per heavy atom. The van der Waals surface area contributed by atoms with Crippen LogP contribution in [0.3, 0.4) is 0 Å². The van der Waals surface area contributed by atoms with Crippen LogP contribution in [0.25, 0.3) is 0 Å². The zero-order valence-corrected chi connectivity index (χ0v) is 8.96. The Morgan fingerprint density at radius 3 is 2.93 bits per heavy atom. The topological polar surface area (TPSA) is 33.6 Å². The van der Waals surface area contributed by atoms with Crippen LogP contribution in [0.5, 0.6) is 0 Å². The van der Waals surface area contributed by atoms with Gasteiger partial charge in [0.05, 0.1) is 11.9 Å². The third kappa shape index (κ3) is 2.47. The number of rotatable bonds is 3. The van der Waals surface area contributed by atoms with Gasteiger partial charge in [-0.25, -0.2) is 0 Å². The first-order chi connectivity index (χ1) is 6.88. The van der Waals surface area contributed by atoms with E-state index in [1.807, 2.05) is 0 Å². The molecule has 14 heavy (non-hydrogen) atoms. The number of hydrogen-bond donors (Lipinski definition) is 1. The van der Waals surface area contributed by atoms with Crippen LogP contribution in [0.1, 0.15) is 39.0 Å². The largest absolute Gasteiger partial charge is 0.378 e. The molecule has 3 heteroatoms. The lowest BCUT2D eigenvalue weighted by atomic mass is 9.89. The SMILES string of the molecule is CCOC1CC(NC2=NCCCC2)C1. The van der Waals surface area contributed by atoms with Crippen LogP contribution < -0.4 is 5.32 Å².